The minimum Gasteiger partial charge on any atom is -0.508 e. The van der Waals surface area contributed by atoms with Gasteiger partial charge in [-0.2, -0.15) is 0 Å². The summed E-state index contributed by atoms with van der Waals surface area (Å²) in [5.74, 6) is -0.0368. The van der Waals surface area contributed by atoms with E-state index >= 15 is 0 Å². The first-order valence-electron chi connectivity index (χ1n) is 5.68. The van der Waals surface area contributed by atoms with Gasteiger partial charge in [0.25, 0.3) is 5.91 Å². The Morgan fingerprint density at radius 3 is 2.67 bits per heavy atom. The van der Waals surface area contributed by atoms with Gasteiger partial charge in [0, 0.05) is 25.1 Å². The van der Waals surface area contributed by atoms with Crippen LogP contribution in [0.1, 0.15) is 29.3 Å². The van der Waals surface area contributed by atoms with E-state index in [4.69, 9.17) is 18.0 Å². The molecule has 1 amide bonds. The minimum absolute atomic E-state index is 0.0709. The molecular weight excluding hydrogens is 248 g/mol. The summed E-state index contributed by atoms with van der Waals surface area (Å²) in [6.45, 7) is 3.66. The molecule has 3 N–H and O–H groups in total. The lowest BCUT2D eigenvalue weighted by Crippen LogP contribution is -2.37. The Kier molecular flexibility index (Phi) is 4.67. The van der Waals surface area contributed by atoms with Gasteiger partial charge in [-0.25, -0.2) is 0 Å². The quantitative estimate of drug-likeness (QED) is 0.816. The van der Waals surface area contributed by atoms with Crippen molar-refractivity contribution in [3.8, 4) is 5.75 Å². The van der Waals surface area contributed by atoms with Gasteiger partial charge in [-0.3, -0.25) is 4.79 Å². The van der Waals surface area contributed by atoms with Crippen molar-refractivity contribution in [2.75, 3.05) is 7.05 Å². The van der Waals surface area contributed by atoms with Crippen LogP contribution >= 0.6 is 12.2 Å². The van der Waals surface area contributed by atoms with Crippen molar-refractivity contribution in [1.82, 2.24) is 4.90 Å². The monoisotopic (exact) mass is 266 g/mol. The standard InChI is InChI=1S/C13H18N2O2S/c1-8-4-5-10(7-11(8)16)13(17)15(3)9(2)6-12(14)18/h4-5,7,9,16H,6H2,1-3H3,(H2,14,18). The van der Waals surface area contributed by atoms with Crippen LogP contribution in [-0.4, -0.2) is 34.0 Å². The molecule has 0 saturated heterocycles. The van der Waals surface area contributed by atoms with Crippen molar-refractivity contribution in [3.63, 3.8) is 0 Å². The van der Waals surface area contributed by atoms with E-state index in [0.29, 0.717) is 17.0 Å². The summed E-state index contributed by atoms with van der Waals surface area (Å²) in [6.07, 6.45) is 0.482. The Balaban J connectivity index is 2.86. The first-order chi connectivity index (χ1) is 8.32. The number of carbonyl (C=O) groups is 1. The molecule has 18 heavy (non-hydrogen) atoms. The highest BCUT2D eigenvalue weighted by atomic mass is 32.1. The average Bonchev–Trinajstić information content (AvgIpc) is 2.30. The first kappa shape index (κ1) is 14.4. The van der Waals surface area contributed by atoms with Crippen molar-refractivity contribution < 1.29 is 9.90 Å². The Morgan fingerprint density at radius 1 is 1.56 bits per heavy atom. The summed E-state index contributed by atoms with van der Waals surface area (Å²) in [6, 6.07) is 4.82. The second kappa shape index (κ2) is 5.82. The third kappa shape index (κ3) is 3.43. The predicted molar refractivity (Wildman–Crippen MR) is 75.8 cm³/mol. The second-order valence-electron chi connectivity index (χ2n) is 4.44. The van der Waals surface area contributed by atoms with E-state index in [1.54, 1.807) is 31.0 Å². The van der Waals surface area contributed by atoms with Crippen molar-refractivity contribution in [3.05, 3.63) is 29.3 Å². The molecule has 5 heteroatoms. The summed E-state index contributed by atoms with van der Waals surface area (Å²) in [5.41, 5.74) is 6.66. The van der Waals surface area contributed by atoms with Crippen LogP contribution < -0.4 is 5.73 Å². The number of rotatable bonds is 4. The van der Waals surface area contributed by atoms with Crippen LogP contribution in [0.5, 0.6) is 5.75 Å². The maximum atomic E-state index is 12.2. The van der Waals surface area contributed by atoms with Gasteiger partial charge in [0.1, 0.15) is 5.75 Å². The molecule has 0 aromatic heterocycles. The van der Waals surface area contributed by atoms with Gasteiger partial charge in [0.05, 0.1) is 4.99 Å². The molecule has 0 radical (unpaired) electrons. The fourth-order valence-electron chi connectivity index (χ4n) is 1.57. The molecular formula is C13H18N2O2S. The van der Waals surface area contributed by atoms with Gasteiger partial charge in [-0.15, -0.1) is 0 Å². The summed E-state index contributed by atoms with van der Waals surface area (Å²) >= 11 is 4.83. The number of nitrogens with zero attached hydrogens (tertiary/aromatic N) is 1. The van der Waals surface area contributed by atoms with E-state index in [1.807, 2.05) is 6.92 Å². The summed E-state index contributed by atoms with van der Waals surface area (Å²) in [4.78, 5) is 14.1. The number of phenols is 1. The highest BCUT2D eigenvalue weighted by Gasteiger charge is 2.18. The molecule has 1 unspecified atom stereocenters. The lowest BCUT2D eigenvalue weighted by Gasteiger charge is -2.24. The number of nitrogens with two attached hydrogens (primary N) is 1. The van der Waals surface area contributed by atoms with Gasteiger partial charge in [0.15, 0.2) is 0 Å². The van der Waals surface area contributed by atoms with E-state index in [2.05, 4.69) is 0 Å². The predicted octanol–water partition coefficient (Wildman–Crippen LogP) is 1.84. The highest BCUT2D eigenvalue weighted by molar-refractivity contribution is 7.80. The normalized spacial score (nSPS) is 11.9. The first-order valence-corrected chi connectivity index (χ1v) is 6.08. The van der Waals surface area contributed by atoms with Crippen LogP contribution in [0, 0.1) is 6.92 Å². The number of hydrogen-bond donors (Lipinski definition) is 2. The third-order valence-corrected chi connectivity index (χ3v) is 3.10. The van der Waals surface area contributed by atoms with Gasteiger partial charge in [0.2, 0.25) is 0 Å². The Labute approximate surface area is 112 Å². The molecule has 0 bridgehead atoms. The van der Waals surface area contributed by atoms with Crippen LogP contribution in [0.2, 0.25) is 0 Å². The number of aromatic hydroxyl groups is 1. The number of benzene rings is 1. The number of aryl methyl sites for hydroxylation is 1. The fraction of sp³-hybridized carbons (Fsp3) is 0.385. The zero-order valence-electron chi connectivity index (χ0n) is 10.8. The third-order valence-electron chi connectivity index (χ3n) is 2.93. The largest absolute Gasteiger partial charge is 0.508 e. The van der Waals surface area contributed by atoms with Gasteiger partial charge >= 0.3 is 0 Å². The molecule has 0 heterocycles. The fourth-order valence-corrected chi connectivity index (χ4v) is 1.82. The summed E-state index contributed by atoms with van der Waals surface area (Å²) in [5, 5.41) is 9.60. The molecule has 0 fully saturated rings. The molecule has 0 saturated carbocycles. The van der Waals surface area contributed by atoms with Crippen LogP contribution in [0.4, 0.5) is 0 Å². The molecule has 0 aliphatic carbocycles. The summed E-state index contributed by atoms with van der Waals surface area (Å²) in [7, 11) is 1.70. The maximum Gasteiger partial charge on any atom is 0.253 e. The van der Waals surface area contributed by atoms with E-state index in [9.17, 15) is 9.90 Å². The van der Waals surface area contributed by atoms with Crippen molar-refractivity contribution >= 4 is 23.1 Å². The molecule has 0 aliphatic rings. The van der Waals surface area contributed by atoms with E-state index in [0.717, 1.165) is 5.56 Å². The average molecular weight is 266 g/mol. The Hall–Kier alpha value is -1.62. The lowest BCUT2D eigenvalue weighted by atomic mass is 10.1. The molecule has 4 nitrogen and oxygen atoms in total. The number of thiocarbonyl (C=S) groups is 1. The topological polar surface area (TPSA) is 66.6 Å². The highest BCUT2D eigenvalue weighted by Crippen LogP contribution is 2.19. The molecule has 0 aliphatic heterocycles. The van der Waals surface area contributed by atoms with Gasteiger partial charge < -0.3 is 15.7 Å². The molecule has 1 aromatic rings. The zero-order valence-corrected chi connectivity index (χ0v) is 11.6. The van der Waals surface area contributed by atoms with E-state index in [-0.39, 0.29) is 17.7 Å². The van der Waals surface area contributed by atoms with Gasteiger partial charge in [-0.1, -0.05) is 18.3 Å². The molecule has 1 rings (SSSR count). The zero-order chi connectivity index (χ0) is 13.9. The Morgan fingerprint density at radius 2 is 2.17 bits per heavy atom. The van der Waals surface area contributed by atoms with Gasteiger partial charge in [-0.05, 0) is 31.5 Å². The number of hydrogen-bond acceptors (Lipinski definition) is 3. The van der Waals surface area contributed by atoms with Crippen LogP contribution in [0.15, 0.2) is 18.2 Å². The van der Waals surface area contributed by atoms with Crippen molar-refractivity contribution in [2.45, 2.75) is 26.3 Å². The minimum atomic E-state index is -0.158. The van der Waals surface area contributed by atoms with Crippen molar-refractivity contribution in [1.29, 1.82) is 0 Å². The molecule has 1 atom stereocenters. The summed E-state index contributed by atoms with van der Waals surface area (Å²) < 4.78 is 0. The number of carbonyl (C=O) groups excluding carboxylic acids is 1. The molecule has 0 spiro atoms. The van der Waals surface area contributed by atoms with Crippen LogP contribution in [0.25, 0.3) is 0 Å². The molecule has 1 aromatic carbocycles. The van der Waals surface area contributed by atoms with Crippen LogP contribution in [-0.2, 0) is 0 Å². The maximum absolute atomic E-state index is 12.2. The molecule has 98 valence electrons. The second-order valence-corrected chi connectivity index (χ2v) is 4.96. The Bertz CT molecular complexity index is 474. The van der Waals surface area contributed by atoms with E-state index < -0.39 is 0 Å². The van der Waals surface area contributed by atoms with Crippen molar-refractivity contribution in [2.24, 2.45) is 5.73 Å². The smallest absolute Gasteiger partial charge is 0.253 e. The lowest BCUT2D eigenvalue weighted by molar-refractivity contribution is 0.0747. The number of phenolic OH excluding ortho intramolecular Hbond substituents is 1. The van der Waals surface area contributed by atoms with E-state index in [1.165, 1.54) is 6.07 Å². The van der Waals surface area contributed by atoms with Crippen LogP contribution in [0.3, 0.4) is 0 Å². The SMILES string of the molecule is Cc1ccc(C(=O)N(C)C(C)CC(N)=S)cc1O. The number of amides is 1.